The highest BCUT2D eigenvalue weighted by atomic mass is 16.5. The second kappa shape index (κ2) is 8.54. The second-order valence-corrected chi connectivity index (χ2v) is 6.18. The van der Waals surface area contributed by atoms with Crippen LogP contribution >= 0.6 is 0 Å². The van der Waals surface area contributed by atoms with Crippen molar-refractivity contribution in [3.8, 4) is 5.75 Å². The van der Waals surface area contributed by atoms with E-state index < -0.39 is 0 Å². The van der Waals surface area contributed by atoms with Crippen LogP contribution in [-0.4, -0.2) is 7.11 Å². The summed E-state index contributed by atoms with van der Waals surface area (Å²) in [5.41, 5.74) is 10.0. The Kier molecular flexibility index (Phi) is 6.42. The molecular weight excluding hydrogens is 282 g/mol. The summed E-state index contributed by atoms with van der Waals surface area (Å²) in [4.78, 5) is 0. The van der Waals surface area contributed by atoms with Crippen LogP contribution in [0.5, 0.6) is 5.75 Å². The number of hydrogen-bond acceptors (Lipinski definition) is 2. The van der Waals surface area contributed by atoms with Gasteiger partial charge in [0.05, 0.1) is 7.11 Å². The minimum atomic E-state index is 0.0399. The van der Waals surface area contributed by atoms with E-state index in [0.717, 1.165) is 24.2 Å². The lowest BCUT2D eigenvalue weighted by Crippen LogP contribution is -2.09. The summed E-state index contributed by atoms with van der Waals surface area (Å²) < 4.78 is 5.25. The molecule has 2 aromatic carbocycles. The zero-order chi connectivity index (χ0) is 16.7. The normalized spacial score (nSPS) is 12.7. The summed E-state index contributed by atoms with van der Waals surface area (Å²) >= 11 is 0. The van der Waals surface area contributed by atoms with Gasteiger partial charge in [0, 0.05) is 6.04 Å². The molecule has 0 aliphatic carbocycles. The molecule has 2 N–H and O–H groups in total. The third-order valence-corrected chi connectivity index (χ3v) is 4.08. The van der Waals surface area contributed by atoms with Crippen LogP contribution < -0.4 is 10.5 Å². The first kappa shape index (κ1) is 17.3. The molecule has 0 unspecified atom stereocenters. The summed E-state index contributed by atoms with van der Waals surface area (Å²) in [6.45, 7) is 4.43. The van der Waals surface area contributed by atoms with Gasteiger partial charge in [0.25, 0.3) is 0 Å². The maximum absolute atomic E-state index is 6.26. The molecule has 0 aliphatic heterocycles. The fourth-order valence-electron chi connectivity index (χ4n) is 2.53. The molecule has 23 heavy (non-hydrogen) atoms. The quantitative estimate of drug-likeness (QED) is 0.752. The van der Waals surface area contributed by atoms with Gasteiger partial charge in [-0.25, -0.2) is 0 Å². The third kappa shape index (κ3) is 5.26. The highest BCUT2D eigenvalue weighted by Gasteiger charge is 2.05. The van der Waals surface area contributed by atoms with E-state index in [1.807, 2.05) is 18.2 Å². The predicted molar refractivity (Wildman–Crippen MR) is 98.7 cm³/mol. The van der Waals surface area contributed by atoms with Crippen molar-refractivity contribution in [2.45, 2.75) is 38.6 Å². The van der Waals surface area contributed by atoms with Gasteiger partial charge in [-0.05, 0) is 47.6 Å². The highest BCUT2D eigenvalue weighted by Crippen LogP contribution is 2.21. The lowest BCUT2D eigenvalue weighted by atomic mass is 10.0. The van der Waals surface area contributed by atoms with Gasteiger partial charge in [0.2, 0.25) is 0 Å². The number of rotatable bonds is 7. The van der Waals surface area contributed by atoms with E-state index in [9.17, 15) is 0 Å². The van der Waals surface area contributed by atoms with Crippen LogP contribution in [0.4, 0.5) is 0 Å². The van der Waals surface area contributed by atoms with Crippen molar-refractivity contribution in [3.63, 3.8) is 0 Å². The Bertz CT molecular complexity index is 629. The van der Waals surface area contributed by atoms with Crippen LogP contribution in [0.1, 0.15) is 55.3 Å². The molecule has 1 atom stereocenters. The summed E-state index contributed by atoms with van der Waals surface area (Å²) in [6.07, 6.45) is 6.25. The van der Waals surface area contributed by atoms with Crippen molar-refractivity contribution < 1.29 is 4.74 Å². The molecule has 2 nitrogen and oxygen atoms in total. The molecule has 0 saturated carbocycles. The van der Waals surface area contributed by atoms with Gasteiger partial charge in [-0.2, -0.15) is 0 Å². The van der Waals surface area contributed by atoms with Crippen LogP contribution in [0.25, 0.3) is 6.08 Å². The Morgan fingerprint density at radius 2 is 1.78 bits per heavy atom. The van der Waals surface area contributed by atoms with E-state index in [4.69, 9.17) is 10.5 Å². The van der Waals surface area contributed by atoms with Gasteiger partial charge >= 0.3 is 0 Å². The Labute approximate surface area is 140 Å². The second-order valence-electron chi connectivity index (χ2n) is 6.18. The largest absolute Gasteiger partial charge is 0.497 e. The van der Waals surface area contributed by atoms with Crippen molar-refractivity contribution in [2.75, 3.05) is 7.11 Å². The number of allylic oxidation sites excluding steroid dienone is 1. The maximum Gasteiger partial charge on any atom is 0.119 e. The average molecular weight is 309 g/mol. The number of ether oxygens (including phenoxy) is 1. The van der Waals surface area contributed by atoms with E-state index in [0.29, 0.717) is 5.92 Å². The maximum atomic E-state index is 6.26. The van der Waals surface area contributed by atoms with Crippen LogP contribution in [0.3, 0.4) is 0 Å². The Morgan fingerprint density at radius 1 is 1.04 bits per heavy atom. The zero-order valence-electron chi connectivity index (χ0n) is 14.3. The first-order valence-electron chi connectivity index (χ1n) is 8.26. The van der Waals surface area contributed by atoms with Gasteiger partial charge in [-0.1, -0.05) is 62.4 Å². The van der Waals surface area contributed by atoms with Crippen LogP contribution in [0, 0.1) is 0 Å². The minimum absolute atomic E-state index is 0.0399. The van der Waals surface area contributed by atoms with E-state index in [1.54, 1.807) is 7.11 Å². The number of benzene rings is 2. The fourth-order valence-corrected chi connectivity index (χ4v) is 2.53. The van der Waals surface area contributed by atoms with Crippen LogP contribution in [0.15, 0.2) is 54.6 Å². The molecule has 2 aromatic rings. The van der Waals surface area contributed by atoms with E-state index in [2.05, 4.69) is 56.3 Å². The van der Waals surface area contributed by atoms with Crippen molar-refractivity contribution in [1.82, 2.24) is 0 Å². The van der Waals surface area contributed by atoms with Crippen LogP contribution in [-0.2, 0) is 0 Å². The lowest BCUT2D eigenvalue weighted by Gasteiger charge is -2.11. The van der Waals surface area contributed by atoms with Gasteiger partial charge in [-0.3, -0.25) is 0 Å². The predicted octanol–water partition coefficient (Wildman–Crippen LogP) is 5.31. The van der Waals surface area contributed by atoms with Gasteiger partial charge in [-0.15, -0.1) is 0 Å². The van der Waals surface area contributed by atoms with Gasteiger partial charge in [0.1, 0.15) is 5.75 Å². The van der Waals surface area contributed by atoms with E-state index in [-0.39, 0.29) is 6.04 Å². The summed E-state index contributed by atoms with van der Waals surface area (Å²) in [7, 11) is 1.68. The van der Waals surface area contributed by atoms with Gasteiger partial charge < -0.3 is 10.5 Å². The molecule has 0 aliphatic rings. The molecule has 122 valence electrons. The highest BCUT2D eigenvalue weighted by molar-refractivity contribution is 5.49. The Hall–Kier alpha value is -2.06. The Balaban J connectivity index is 1.85. The van der Waals surface area contributed by atoms with Gasteiger partial charge in [0.15, 0.2) is 0 Å². The topological polar surface area (TPSA) is 35.2 Å². The molecule has 2 heteroatoms. The molecule has 0 bridgehead atoms. The summed E-state index contributed by atoms with van der Waals surface area (Å²) in [5, 5.41) is 0. The lowest BCUT2D eigenvalue weighted by molar-refractivity contribution is 0.413. The smallest absolute Gasteiger partial charge is 0.119 e. The molecular formula is C21H27NO. The monoisotopic (exact) mass is 309 g/mol. The van der Waals surface area contributed by atoms with Crippen molar-refractivity contribution >= 4 is 6.08 Å². The third-order valence-electron chi connectivity index (χ3n) is 4.08. The number of hydrogen-bond donors (Lipinski definition) is 1. The van der Waals surface area contributed by atoms with E-state index in [1.165, 1.54) is 11.1 Å². The average Bonchev–Trinajstić information content (AvgIpc) is 2.59. The van der Waals surface area contributed by atoms with Crippen molar-refractivity contribution in [1.29, 1.82) is 0 Å². The number of methoxy groups -OCH3 is 1. The summed E-state index contributed by atoms with van der Waals surface area (Å²) in [6, 6.07) is 16.8. The fraction of sp³-hybridized carbons (Fsp3) is 0.333. The number of nitrogens with two attached hydrogens (primary N) is 1. The molecule has 2 rings (SSSR count). The molecule has 0 spiro atoms. The minimum Gasteiger partial charge on any atom is -0.497 e. The van der Waals surface area contributed by atoms with Crippen molar-refractivity contribution in [2.24, 2.45) is 5.73 Å². The molecule has 0 saturated heterocycles. The van der Waals surface area contributed by atoms with E-state index >= 15 is 0 Å². The molecule has 0 heterocycles. The molecule has 0 amide bonds. The van der Waals surface area contributed by atoms with Crippen LogP contribution in [0.2, 0.25) is 0 Å². The SMILES string of the molecule is COc1cccc([C@H](N)CCC=Cc2ccc(C(C)C)cc2)c1. The van der Waals surface area contributed by atoms with Crippen molar-refractivity contribution in [3.05, 3.63) is 71.3 Å². The zero-order valence-corrected chi connectivity index (χ0v) is 14.3. The summed E-state index contributed by atoms with van der Waals surface area (Å²) in [5.74, 6) is 1.44. The first-order valence-corrected chi connectivity index (χ1v) is 8.26. The Morgan fingerprint density at radius 3 is 2.43 bits per heavy atom. The first-order chi connectivity index (χ1) is 11.1. The molecule has 0 radical (unpaired) electrons. The molecule has 0 fully saturated rings. The standard InChI is InChI=1S/C21H27NO/c1-16(2)18-13-11-17(12-14-18)7-4-5-10-21(22)19-8-6-9-20(15-19)23-3/h4,6-9,11-16,21H,5,10,22H2,1-3H3/t21-/m1/s1. The molecule has 0 aromatic heterocycles.